The van der Waals surface area contributed by atoms with Crippen molar-refractivity contribution in [3.8, 4) is 0 Å². The van der Waals surface area contributed by atoms with E-state index in [9.17, 15) is 18.0 Å². The predicted octanol–water partition coefficient (Wildman–Crippen LogP) is 3.03. The van der Waals surface area contributed by atoms with Crippen LogP contribution in [0.25, 0.3) is 10.9 Å². The molecule has 170 valence electrons. The fourth-order valence-corrected chi connectivity index (χ4v) is 4.81. The molecular formula is C22H26N4O4S2. The predicted molar refractivity (Wildman–Crippen MR) is 128 cm³/mol. The largest absolute Gasteiger partial charge is 0.325 e. The van der Waals surface area contributed by atoms with Gasteiger partial charge in [0.25, 0.3) is 5.56 Å². The topological polar surface area (TPSA) is 101 Å². The molecule has 2 aromatic carbocycles. The zero-order valence-corrected chi connectivity index (χ0v) is 20.0. The van der Waals surface area contributed by atoms with E-state index in [1.165, 1.54) is 38.0 Å². The van der Waals surface area contributed by atoms with Gasteiger partial charge in [-0.15, -0.1) is 0 Å². The molecule has 0 bridgehead atoms. The first-order valence-electron chi connectivity index (χ1n) is 10.0. The Morgan fingerprint density at radius 2 is 1.88 bits per heavy atom. The summed E-state index contributed by atoms with van der Waals surface area (Å²) in [6.45, 7) is 4.51. The Bertz CT molecular complexity index is 1300. The van der Waals surface area contributed by atoms with Crippen LogP contribution in [0.5, 0.6) is 0 Å². The Labute approximate surface area is 191 Å². The molecule has 0 saturated heterocycles. The van der Waals surface area contributed by atoms with Crippen LogP contribution in [0.3, 0.4) is 0 Å². The molecule has 32 heavy (non-hydrogen) atoms. The van der Waals surface area contributed by atoms with Gasteiger partial charge >= 0.3 is 0 Å². The van der Waals surface area contributed by atoms with Crippen LogP contribution in [0.1, 0.15) is 13.8 Å². The van der Waals surface area contributed by atoms with Crippen LogP contribution >= 0.6 is 11.8 Å². The van der Waals surface area contributed by atoms with E-state index in [-0.39, 0.29) is 28.0 Å². The summed E-state index contributed by atoms with van der Waals surface area (Å²) >= 11 is 1.17. The van der Waals surface area contributed by atoms with Crippen molar-refractivity contribution in [3.63, 3.8) is 0 Å². The van der Waals surface area contributed by atoms with E-state index in [0.717, 1.165) is 4.31 Å². The molecule has 0 atom stereocenters. The molecule has 3 rings (SSSR count). The first kappa shape index (κ1) is 24.0. The van der Waals surface area contributed by atoms with Crippen molar-refractivity contribution in [2.75, 3.05) is 25.2 Å². The van der Waals surface area contributed by atoms with Crippen LogP contribution in [0.4, 0.5) is 5.69 Å². The van der Waals surface area contributed by atoms with Crippen molar-refractivity contribution in [1.82, 2.24) is 13.9 Å². The number of carbonyl (C=O) groups is 1. The number of anilines is 1. The van der Waals surface area contributed by atoms with Gasteiger partial charge in [-0.25, -0.2) is 17.7 Å². The summed E-state index contributed by atoms with van der Waals surface area (Å²) in [6.07, 6.45) is 0. The number of amides is 1. The maximum absolute atomic E-state index is 13.0. The highest BCUT2D eigenvalue weighted by atomic mass is 32.2. The van der Waals surface area contributed by atoms with Gasteiger partial charge in [-0.1, -0.05) is 43.8 Å². The SMILES string of the molecule is CC(C)Cn1c(SCC(=O)Nc2cccc(S(=O)(=O)N(C)C)c2)nc2ccccc2c1=O. The minimum atomic E-state index is -3.60. The monoisotopic (exact) mass is 474 g/mol. The van der Waals surface area contributed by atoms with Gasteiger partial charge in [0, 0.05) is 26.3 Å². The Morgan fingerprint density at radius 3 is 2.56 bits per heavy atom. The van der Waals surface area contributed by atoms with Gasteiger partial charge < -0.3 is 5.32 Å². The van der Waals surface area contributed by atoms with Gasteiger partial charge in [0.2, 0.25) is 15.9 Å². The zero-order valence-electron chi connectivity index (χ0n) is 18.4. The summed E-state index contributed by atoms with van der Waals surface area (Å²) in [6, 6.07) is 13.2. The van der Waals surface area contributed by atoms with Crippen LogP contribution in [-0.4, -0.2) is 48.0 Å². The van der Waals surface area contributed by atoms with E-state index in [1.54, 1.807) is 34.9 Å². The highest BCUT2D eigenvalue weighted by Gasteiger charge is 2.18. The lowest BCUT2D eigenvalue weighted by Crippen LogP contribution is -2.26. The lowest BCUT2D eigenvalue weighted by atomic mass is 10.2. The van der Waals surface area contributed by atoms with E-state index < -0.39 is 10.0 Å². The molecule has 0 aliphatic heterocycles. The Hall–Kier alpha value is -2.69. The molecule has 0 unspecified atom stereocenters. The van der Waals surface area contributed by atoms with Crippen molar-refractivity contribution in [1.29, 1.82) is 0 Å². The number of para-hydroxylation sites is 1. The molecule has 1 amide bonds. The summed E-state index contributed by atoms with van der Waals surface area (Å²) in [7, 11) is -0.707. The van der Waals surface area contributed by atoms with E-state index in [1.807, 2.05) is 19.9 Å². The third-order valence-corrected chi connectivity index (χ3v) is 7.39. The highest BCUT2D eigenvalue weighted by Crippen LogP contribution is 2.21. The molecular weight excluding hydrogens is 448 g/mol. The van der Waals surface area contributed by atoms with E-state index >= 15 is 0 Å². The molecule has 10 heteroatoms. The fourth-order valence-electron chi connectivity index (χ4n) is 3.06. The van der Waals surface area contributed by atoms with Crippen molar-refractivity contribution in [2.45, 2.75) is 30.4 Å². The number of carbonyl (C=O) groups excluding carboxylic acids is 1. The highest BCUT2D eigenvalue weighted by molar-refractivity contribution is 7.99. The van der Waals surface area contributed by atoms with Crippen LogP contribution < -0.4 is 10.9 Å². The fraction of sp³-hybridized carbons (Fsp3) is 0.318. The maximum Gasteiger partial charge on any atom is 0.262 e. The molecule has 0 spiro atoms. The van der Waals surface area contributed by atoms with Gasteiger partial charge in [0.05, 0.1) is 21.6 Å². The molecule has 1 aromatic heterocycles. The Balaban J connectivity index is 1.80. The molecule has 0 aliphatic rings. The Kier molecular flexibility index (Phi) is 7.37. The summed E-state index contributed by atoms with van der Waals surface area (Å²) in [5.41, 5.74) is 0.834. The summed E-state index contributed by atoms with van der Waals surface area (Å²) in [4.78, 5) is 30.2. The molecule has 3 aromatic rings. The second kappa shape index (κ2) is 9.85. The average Bonchev–Trinajstić information content (AvgIpc) is 2.74. The number of hydrogen-bond acceptors (Lipinski definition) is 6. The number of benzene rings is 2. The number of fused-ring (bicyclic) bond motifs is 1. The van der Waals surface area contributed by atoms with Crippen LogP contribution in [0.2, 0.25) is 0 Å². The second-order valence-electron chi connectivity index (χ2n) is 7.87. The minimum absolute atomic E-state index is 0.0214. The van der Waals surface area contributed by atoms with Crippen LogP contribution in [0, 0.1) is 5.92 Å². The number of nitrogens with one attached hydrogen (secondary N) is 1. The van der Waals surface area contributed by atoms with Gasteiger partial charge in [0.1, 0.15) is 0 Å². The molecule has 0 saturated carbocycles. The summed E-state index contributed by atoms with van der Waals surface area (Å²) in [5, 5.41) is 3.73. The quantitative estimate of drug-likeness (QED) is 0.398. The van der Waals surface area contributed by atoms with E-state index in [0.29, 0.717) is 28.3 Å². The van der Waals surface area contributed by atoms with Crippen molar-refractivity contribution in [3.05, 3.63) is 58.9 Å². The molecule has 1 N–H and O–H groups in total. The van der Waals surface area contributed by atoms with Gasteiger partial charge in [0.15, 0.2) is 5.16 Å². The number of hydrogen-bond donors (Lipinski definition) is 1. The summed E-state index contributed by atoms with van der Waals surface area (Å²) in [5.74, 6) is -0.0776. The first-order chi connectivity index (χ1) is 15.1. The molecule has 0 aliphatic carbocycles. The van der Waals surface area contributed by atoms with Crippen LogP contribution in [0.15, 0.2) is 63.4 Å². The normalized spacial score (nSPS) is 11.9. The van der Waals surface area contributed by atoms with Gasteiger partial charge in [-0.2, -0.15) is 0 Å². The van der Waals surface area contributed by atoms with Crippen molar-refractivity contribution < 1.29 is 13.2 Å². The smallest absolute Gasteiger partial charge is 0.262 e. The number of rotatable bonds is 8. The Morgan fingerprint density at radius 1 is 1.16 bits per heavy atom. The number of thioether (sulfide) groups is 1. The lowest BCUT2D eigenvalue weighted by Gasteiger charge is -2.15. The number of aromatic nitrogens is 2. The van der Waals surface area contributed by atoms with Gasteiger partial charge in [-0.3, -0.25) is 14.2 Å². The molecule has 8 nitrogen and oxygen atoms in total. The lowest BCUT2D eigenvalue weighted by molar-refractivity contribution is -0.113. The molecule has 0 fully saturated rings. The summed E-state index contributed by atoms with van der Waals surface area (Å²) < 4.78 is 27.3. The molecule has 1 heterocycles. The van der Waals surface area contributed by atoms with Gasteiger partial charge in [-0.05, 0) is 36.2 Å². The van der Waals surface area contributed by atoms with Crippen molar-refractivity contribution >= 4 is 44.3 Å². The second-order valence-corrected chi connectivity index (χ2v) is 11.0. The van der Waals surface area contributed by atoms with Crippen molar-refractivity contribution in [2.24, 2.45) is 5.92 Å². The average molecular weight is 475 g/mol. The maximum atomic E-state index is 13.0. The minimum Gasteiger partial charge on any atom is -0.325 e. The van der Waals surface area contributed by atoms with E-state index in [2.05, 4.69) is 10.3 Å². The van der Waals surface area contributed by atoms with Crippen LogP contribution in [-0.2, 0) is 21.4 Å². The third-order valence-electron chi connectivity index (χ3n) is 4.60. The van der Waals surface area contributed by atoms with E-state index in [4.69, 9.17) is 0 Å². The standard InChI is InChI=1S/C22H26N4O4S2/c1-15(2)13-26-21(28)18-10-5-6-11-19(18)24-22(26)31-14-20(27)23-16-8-7-9-17(12-16)32(29,30)25(3)4/h5-12,15H,13-14H2,1-4H3,(H,23,27). The number of sulfonamides is 1. The first-order valence-corrected chi connectivity index (χ1v) is 12.5. The third kappa shape index (κ3) is 5.37. The zero-order chi connectivity index (χ0) is 23.5. The number of nitrogens with zero attached hydrogens (tertiary/aromatic N) is 3. The molecule has 0 radical (unpaired) electrons.